The summed E-state index contributed by atoms with van der Waals surface area (Å²) in [6.45, 7) is 6.73. The molecule has 1 aliphatic heterocycles. The zero-order chi connectivity index (χ0) is 15.5. The molecule has 0 N–H and O–H groups in total. The SMILES string of the molecule is COc1ccc(-c2cnc(CN3C[C@H](C)O[C@@H](C)C3)o2)cc1. The minimum absolute atomic E-state index is 0.250. The molecule has 0 saturated carbocycles. The Bertz CT molecular complexity index is 599. The van der Waals surface area contributed by atoms with Gasteiger partial charge < -0.3 is 13.9 Å². The van der Waals surface area contributed by atoms with E-state index in [4.69, 9.17) is 13.9 Å². The van der Waals surface area contributed by atoms with Crippen LogP contribution >= 0.6 is 0 Å². The van der Waals surface area contributed by atoms with E-state index in [1.54, 1.807) is 13.3 Å². The molecule has 3 rings (SSSR count). The second-order valence-electron chi connectivity index (χ2n) is 5.80. The van der Waals surface area contributed by atoms with Crippen molar-refractivity contribution in [2.24, 2.45) is 0 Å². The lowest BCUT2D eigenvalue weighted by Gasteiger charge is -2.34. The first-order valence-electron chi connectivity index (χ1n) is 7.61. The van der Waals surface area contributed by atoms with Gasteiger partial charge in [-0.2, -0.15) is 0 Å². The third-order valence-electron chi connectivity index (χ3n) is 3.78. The molecule has 5 nitrogen and oxygen atoms in total. The Morgan fingerprint density at radius 2 is 1.86 bits per heavy atom. The van der Waals surface area contributed by atoms with E-state index in [1.165, 1.54) is 0 Å². The predicted molar refractivity (Wildman–Crippen MR) is 83.8 cm³/mol. The summed E-state index contributed by atoms with van der Waals surface area (Å²) in [5.74, 6) is 2.36. The number of hydrogen-bond donors (Lipinski definition) is 0. The van der Waals surface area contributed by atoms with Crippen molar-refractivity contribution >= 4 is 0 Å². The van der Waals surface area contributed by atoms with Gasteiger partial charge in [-0.25, -0.2) is 4.98 Å². The zero-order valence-corrected chi connectivity index (χ0v) is 13.3. The maximum Gasteiger partial charge on any atom is 0.209 e. The Morgan fingerprint density at radius 1 is 1.18 bits per heavy atom. The van der Waals surface area contributed by atoms with Crippen LogP contribution in [0.1, 0.15) is 19.7 Å². The summed E-state index contributed by atoms with van der Waals surface area (Å²) in [5.41, 5.74) is 1.00. The fourth-order valence-electron chi connectivity index (χ4n) is 2.88. The molecule has 1 saturated heterocycles. The number of ether oxygens (including phenoxy) is 2. The highest BCUT2D eigenvalue weighted by Gasteiger charge is 2.23. The normalized spacial score (nSPS) is 22.7. The molecule has 0 spiro atoms. The van der Waals surface area contributed by atoms with Gasteiger partial charge in [0.15, 0.2) is 5.76 Å². The fraction of sp³-hybridized carbons (Fsp3) is 0.471. The van der Waals surface area contributed by atoms with E-state index in [2.05, 4.69) is 23.7 Å². The Hall–Kier alpha value is -1.85. The molecule has 0 aliphatic carbocycles. The van der Waals surface area contributed by atoms with Crippen LogP contribution in [0.3, 0.4) is 0 Å². The van der Waals surface area contributed by atoms with E-state index in [9.17, 15) is 0 Å². The van der Waals surface area contributed by atoms with Crippen LogP contribution in [0.4, 0.5) is 0 Å². The first kappa shape index (κ1) is 15.1. The zero-order valence-electron chi connectivity index (χ0n) is 13.3. The second kappa shape index (κ2) is 6.50. The molecule has 5 heteroatoms. The van der Waals surface area contributed by atoms with E-state index in [1.807, 2.05) is 24.3 Å². The number of nitrogens with zero attached hydrogens (tertiary/aromatic N) is 2. The van der Waals surface area contributed by atoms with Crippen LogP contribution in [0, 0.1) is 0 Å². The lowest BCUT2D eigenvalue weighted by Crippen LogP contribution is -2.44. The number of morpholine rings is 1. The molecule has 2 heterocycles. The average molecular weight is 302 g/mol. The average Bonchev–Trinajstić information content (AvgIpc) is 2.95. The standard InChI is InChI=1S/C17H22N2O3/c1-12-9-19(10-13(2)21-12)11-17-18-8-16(22-17)14-4-6-15(20-3)7-5-14/h4-8,12-13H,9-11H2,1-3H3/t12-,13-/m0/s1. The first-order chi connectivity index (χ1) is 10.6. The molecule has 0 amide bonds. The highest BCUT2D eigenvalue weighted by molar-refractivity contribution is 5.57. The van der Waals surface area contributed by atoms with Gasteiger partial charge in [-0.3, -0.25) is 4.90 Å². The summed E-state index contributed by atoms with van der Waals surface area (Å²) in [5, 5.41) is 0. The van der Waals surface area contributed by atoms with E-state index >= 15 is 0 Å². The molecule has 118 valence electrons. The van der Waals surface area contributed by atoms with Crippen LogP contribution in [0.15, 0.2) is 34.9 Å². The minimum Gasteiger partial charge on any atom is -0.497 e. The Morgan fingerprint density at radius 3 is 2.50 bits per heavy atom. The van der Waals surface area contributed by atoms with Crippen molar-refractivity contribution in [2.45, 2.75) is 32.6 Å². The van der Waals surface area contributed by atoms with E-state index in [-0.39, 0.29) is 12.2 Å². The van der Waals surface area contributed by atoms with Crippen molar-refractivity contribution in [2.75, 3.05) is 20.2 Å². The van der Waals surface area contributed by atoms with Crippen LogP contribution in [-0.2, 0) is 11.3 Å². The van der Waals surface area contributed by atoms with Gasteiger partial charge in [0.25, 0.3) is 0 Å². The number of aromatic nitrogens is 1. The molecule has 2 atom stereocenters. The van der Waals surface area contributed by atoms with Gasteiger partial charge in [0.05, 0.1) is 32.1 Å². The van der Waals surface area contributed by atoms with Gasteiger partial charge in [-0.1, -0.05) is 0 Å². The molecule has 0 radical (unpaired) electrons. The minimum atomic E-state index is 0.250. The Balaban J connectivity index is 1.68. The van der Waals surface area contributed by atoms with Gasteiger partial charge in [0, 0.05) is 18.7 Å². The van der Waals surface area contributed by atoms with Crippen molar-refractivity contribution in [3.05, 3.63) is 36.4 Å². The largest absolute Gasteiger partial charge is 0.497 e. The summed E-state index contributed by atoms with van der Waals surface area (Å²) < 4.78 is 16.8. The molecule has 2 aromatic rings. The van der Waals surface area contributed by atoms with E-state index in [0.717, 1.165) is 36.1 Å². The molecule has 1 aromatic heterocycles. The third kappa shape index (κ3) is 3.48. The van der Waals surface area contributed by atoms with Gasteiger partial charge in [-0.05, 0) is 38.1 Å². The van der Waals surface area contributed by atoms with E-state index in [0.29, 0.717) is 6.54 Å². The van der Waals surface area contributed by atoms with Crippen molar-refractivity contribution in [3.63, 3.8) is 0 Å². The molecule has 0 unspecified atom stereocenters. The lowest BCUT2D eigenvalue weighted by atomic mass is 10.2. The molecular formula is C17H22N2O3. The maximum atomic E-state index is 5.88. The summed E-state index contributed by atoms with van der Waals surface area (Å²) >= 11 is 0. The van der Waals surface area contributed by atoms with Gasteiger partial charge in [-0.15, -0.1) is 0 Å². The summed E-state index contributed by atoms with van der Waals surface area (Å²) in [6.07, 6.45) is 2.28. The van der Waals surface area contributed by atoms with Gasteiger partial charge in [0.2, 0.25) is 5.89 Å². The fourth-order valence-corrected chi connectivity index (χ4v) is 2.88. The number of methoxy groups -OCH3 is 1. The topological polar surface area (TPSA) is 47.7 Å². The highest BCUT2D eigenvalue weighted by Crippen LogP contribution is 2.24. The van der Waals surface area contributed by atoms with E-state index < -0.39 is 0 Å². The monoisotopic (exact) mass is 302 g/mol. The highest BCUT2D eigenvalue weighted by atomic mass is 16.5. The lowest BCUT2D eigenvalue weighted by molar-refractivity contribution is -0.0721. The summed E-state index contributed by atoms with van der Waals surface area (Å²) in [4.78, 5) is 6.72. The molecule has 1 aliphatic rings. The van der Waals surface area contributed by atoms with Crippen LogP contribution in [0.2, 0.25) is 0 Å². The number of oxazole rings is 1. The molecule has 1 aromatic carbocycles. The number of hydrogen-bond acceptors (Lipinski definition) is 5. The van der Waals surface area contributed by atoms with Crippen molar-refractivity contribution in [3.8, 4) is 17.1 Å². The molecule has 1 fully saturated rings. The van der Waals surface area contributed by atoms with Crippen LogP contribution in [0.5, 0.6) is 5.75 Å². The second-order valence-corrected chi connectivity index (χ2v) is 5.80. The van der Waals surface area contributed by atoms with Crippen molar-refractivity contribution in [1.29, 1.82) is 0 Å². The van der Waals surface area contributed by atoms with Gasteiger partial charge in [0.1, 0.15) is 5.75 Å². The molecule has 22 heavy (non-hydrogen) atoms. The van der Waals surface area contributed by atoms with Crippen molar-refractivity contribution < 1.29 is 13.9 Å². The van der Waals surface area contributed by atoms with Crippen LogP contribution in [-0.4, -0.2) is 42.3 Å². The van der Waals surface area contributed by atoms with Gasteiger partial charge >= 0.3 is 0 Å². The maximum absolute atomic E-state index is 5.88. The van der Waals surface area contributed by atoms with Crippen molar-refractivity contribution in [1.82, 2.24) is 9.88 Å². The third-order valence-corrected chi connectivity index (χ3v) is 3.78. The quantitative estimate of drug-likeness (QED) is 0.869. The molecule has 0 bridgehead atoms. The molecular weight excluding hydrogens is 280 g/mol. The number of rotatable bonds is 4. The van der Waals surface area contributed by atoms with Crippen LogP contribution in [0.25, 0.3) is 11.3 Å². The Kier molecular flexibility index (Phi) is 4.45. The first-order valence-corrected chi connectivity index (χ1v) is 7.61. The smallest absolute Gasteiger partial charge is 0.209 e. The predicted octanol–water partition coefficient (Wildman–Crippen LogP) is 2.96. The summed E-state index contributed by atoms with van der Waals surface area (Å²) in [7, 11) is 1.66. The summed E-state index contributed by atoms with van der Waals surface area (Å²) in [6, 6.07) is 7.79. The Labute approximate surface area is 130 Å². The van der Waals surface area contributed by atoms with Crippen LogP contribution < -0.4 is 4.74 Å². The number of benzene rings is 1.